The Morgan fingerprint density at radius 3 is 2.76 bits per heavy atom. The molecule has 0 unspecified atom stereocenters. The molecule has 112 valence electrons. The van der Waals surface area contributed by atoms with Gasteiger partial charge in [0.25, 0.3) is 5.69 Å². The Balaban J connectivity index is 2.33. The Morgan fingerprint density at radius 1 is 1.43 bits per heavy atom. The third-order valence-electron chi connectivity index (χ3n) is 2.43. The van der Waals surface area contributed by atoms with Crippen LogP contribution in [0.4, 0.5) is 11.4 Å². The van der Waals surface area contributed by atoms with Crippen LogP contribution in [-0.2, 0) is 16.6 Å². The number of hydrogen-bond donors (Lipinski definition) is 4. The fourth-order valence-electron chi connectivity index (χ4n) is 1.46. The maximum Gasteiger partial charge on any atom is 0.270 e. The van der Waals surface area contributed by atoms with Crippen molar-refractivity contribution in [3.8, 4) is 0 Å². The van der Waals surface area contributed by atoms with Crippen LogP contribution in [0.2, 0.25) is 0 Å². The molecular weight excluding hydrogens is 304 g/mol. The van der Waals surface area contributed by atoms with Gasteiger partial charge in [-0.1, -0.05) is 5.21 Å². The van der Waals surface area contributed by atoms with Crippen molar-refractivity contribution >= 4 is 21.4 Å². The molecule has 1 aromatic heterocycles. The lowest BCUT2D eigenvalue weighted by Gasteiger charge is -2.09. The van der Waals surface area contributed by atoms with Gasteiger partial charge in [0, 0.05) is 12.1 Å². The zero-order valence-electron chi connectivity index (χ0n) is 10.3. The van der Waals surface area contributed by atoms with Crippen molar-refractivity contribution in [2.75, 3.05) is 5.43 Å². The highest BCUT2D eigenvalue weighted by molar-refractivity contribution is 7.89. The molecule has 0 aliphatic heterocycles. The molecule has 13 heteroatoms. The molecule has 0 amide bonds. The highest BCUT2D eigenvalue weighted by Gasteiger charge is 2.22. The van der Waals surface area contributed by atoms with E-state index in [0.717, 1.165) is 12.1 Å². The third kappa shape index (κ3) is 3.28. The molecule has 0 saturated carbocycles. The zero-order valence-corrected chi connectivity index (χ0v) is 11.2. The minimum atomic E-state index is -4.05. The van der Waals surface area contributed by atoms with Crippen molar-refractivity contribution in [3.63, 3.8) is 0 Å². The minimum absolute atomic E-state index is 0.0150. The first kappa shape index (κ1) is 14.8. The second-order valence-electron chi connectivity index (χ2n) is 3.73. The van der Waals surface area contributed by atoms with Crippen LogP contribution in [-0.4, -0.2) is 34.0 Å². The summed E-state index contributed by atoms with van der Waals surface area (Å²) in [7, 11) is -4.05. The smallest absolute Gasteiger partial charge is 0.270 e. The van der Waals surface area contributed by atoms with Gasteiger partial charge in [-0.15, -0.1) is 10.2 Å². The molecule has 0 saturated heterocycles. The van der Waals surface area contributed by atoms with Gasteiger partial charge >= 0.3 is 0 Å². The number of rotatable bonds is 6. The predicted octanol–water partition coefficient (Wildman–Crippen LogP) is -1.13. The first-order valence-electron chi connectivity index (χ1n) is 5.41. The van der Waals surface area contributed by atoms with Gasteiger partial charge in [-0.05, 0) is 6.07 Å². The molecule has 0 radical (unpaired) electrons. The SMILES string of the molecule is NNc1ccc([N+](=O)[O-])cc1S(=O)(=O)NCc1nn[nH]n1. The van der Waals surface area contributed by atoms with Crippen LogP contribution < -0.4 is 16.0 Å². The molecule has 0 fully saturated rings. The van der Waals surface area contributed by atoms with Crippen molar-refractivity contribution in [2.24, 2.45) is 5.84 Å². The molecule has 0 aliphatic carbocycles. The summed E-state index contributed by atoms with van der Waals surface area (Å²) in [5.74, 6) is 5.33. The highest BCUT2D eigenvalue weighted by Crippen LogP contribution is 2.25. The first-order chi connectivity index (χ1) is 9.94. The summed E-state index contributed by atoms with van der Waals surface area (Å²) in [5.41, 5.74) is 1.80. The van der Waals surface area contributed by atoms with Crippen LogP contribution >= 0.6 is 0 Å². The monoisotopic (exact) mass is 314 g/mol. The molecule has 0 bridgehead atoms. The highest BCUT2D eigenvalue weighted by atomic mass is 32.2. The van der Waals surface area contributed by atoms with E-state index in [9.17, 15) is 18.5 Å². The molecule has 21 heavy (non-hydrogen) atoms. The molecule has 0 spiro atoms. The van der Waals surface area contributed by atoms with E-state index >= 15 is 0 Å². The van der Waals surface area contributed by atoms with E-state index in [1.165, 1.54) is 6.07 Å². The summed E-state index contributed by atoms with van der Waals surface area (Å²) in [6.45, 7) is -0.231. The van der Waals surface area contributed by atoms with Gasteiger partial charge in [-0.3, -0.25) is 16.0 Å². The van der Waals surface area contributed by atoms with Crippen molar-refractivity contribution < 1.29 is 13.3 Å². The number of nitrogens with two attached hydrogens (primary N) is 1. The summed E-state index contributed by atoms with van der Waals surface area (Å²) >= 11 is 0. The second-order valence-corrected chi connectivity index (χ2v) is 5.47. The van der Waals surface area contributed by atoms with Crippen LogP contribution in [0.1, 0.15) is 5.82 Å². The lowest BCUT2D eigenvalue weighted by molar-refractivity contribution is -0.385. The molecule has 2 aromatic rings. The zero-order chi connectivity index (χ0) is 15.5. The van der Waals surface area contributed by atoms with Gasteiger partial charge in [-0.25, -0.2) is 13.1 Å². The number of benzene rings is 1. The van der Waals surface area contributed by atoms with Crippen LogP contribution in [0.5, 0.6) is 0 Å². The summed E-state index contributed by atoms with van der Waals surface area (Å²) in [6.07, 6.45) is 0. The van der Waals surface area contributed by atoms with Crippen molar-refractivity contribution in [1.29, 1.82) is 0 Å². The van der Waals surface area contributed by atoms with Gasteiger partial charge in [0.05, 0.1) is 17.2 Å². The van der Waals surface area contributed by atoms with Gasteiger partial charge in [-0.2, -0.15) is 5.21 Å². The minimum Gasteiger partial charge on any atom is -0.323 e. The number of aromatic amines is 1. The summed E-state index contributed by atoms with van der Waals surface area (Å²) in [5, 5.41) is 23.3. The molecule has 0 aliphatic rings. The fraction of sp³-hybridized carbons (Fsp3) is 0.125. The maximum atomic E-state index is 12.2. The van der Waals surface area contributed by atoms with E-state index in [0.29, 0.717) is 0 Å². The molecule has 2 rings (SSSR count). The Kier molecular flexibility index (Phi) is 4.06. The van der Waals surface area contributed by atoms with E-state index in [1.54, 1.807) is 0 Å². The van der Waals surface area contributed by atoms with E-state index in [4.69, 9.17) is 5.84 Å². The number of nitro groups is 1. The molecular formula is C8H10N8O4S. The number of hydrazine groups is 1. The van der Waals surface area contributed by atoms with E-state index in [2.05, 4.69) is 30.8 Å². The van der Waals surface area contributed by atoms with Crippen molar-refractivity contribution in [3.05, 3.63) is 34.1 Å². The number of anilines is 1. The number of non-ortho nitro benzene ring substituents is 1. The van der Waals surface area contributed by atoms with Crippen LogP contribution in [0, 0.1) is 10.1 Å². The first-order valence-corrected chi connectivity index (χ1v) is 6.89. The van der Waals surface area contributed by atoms with Gasteiger partial charge in [0.2, 0.25) is 10.0 Å². The van der Waals surface area contributed by atoms with Crippen LogP contribution in [0.15, 0.2) is 23.1 Å². The lowest BCUT2D eigenvalue weighted by atomic mass is 10.3. The van der Waals surface area contributed by atoms with E-state index in [-0.39, 0.29) is 28.6 Å². The molecule has 12 nitrogen and oxygen atoms in total. The summed E-state index contributed by atoms with van der Waals surface area (Å²) < 4.78 is 26.5. The topological polar surface area (TPSA) is 182 Å². The largest absolute Gasteiger partial charge is 0.323 e. The molecule has 1 aromatic carbocycles. The fourth-order valence-corrected chi connectivity index (χ4v) is 2.63. The van der Waals surface area contributed by atoms with Crippen molar-refractivity contribution in [1.82, 2.24) is 25.3 Å². The average molecular weight is 314 g/mol. The van der Waals surface area contributed by atoms with Crippen LogP contribution in [0.25, 0.3) is 0 Å². The Labute approximate surface area is 117 Å². The lowest BCUT2D eigenvalue weighted by Crippen LogP contribution is -2.25. The molecule has 1 heterocycles. The number of nitro benzene ring substituents is 1. The standard InChI is InChI=1S/C8H10N8O4S/c9-11-6-2-1-5(16(17)18)3-7(6)21(19,20)10-4-8-12-14-15-13-8/h1-3,10-11H,4,9H2,(H,12,13,14,15). The molecule has 0 atom stereocenters. The number of aromatic nitrogens is 4. The van der Waals surface area contributed by atoms with Gasteiger partial charge in [0.15, 0.2) is 5.82 Å². The number of nitrogens with zero attached hydrogens (tertiary/aromatic N) is 4. The third-order valence-corrected chi connectivity index (χ3v) is 3.87. The number of H-pyrrole nitrogens is 1. The predicted molar refractivity (Wildman–Crippen MR) is 69.1 cm³/mol. The average Bonchev–Trinajstić information content (AvgIpc) is 2.98. The van der Waals surface area contributed by atoms with E-state index in [1.807, 2.05) is 0 Å². The quantitative estimate of drug-likeness (QED) is 0.291. The summed E-state index contributed by atoms with van der Waals surface area (Å²) in [6, 6.07) is 3.22. The summed E-state index contributed by atoms with van der Waals surface area (Å²) in [4.78, 5) is 9.66. The Hall–Kier alpha value is -2.64. The van der Waals surface area contributed by atoms with E-state index < -0.39 is 14.9 Å². The number of hydrogen-bond acceptors (Lipinski definition) is 9. The van der Waals surface area contributed by atoms with Gasteiger partial charge < -0.3 is 5.43 Å². The number of nitrogens with one attached hydrogen (secondary N) is 3. The molecule has 5 N–H and O–H groups in total. The number of sulfonamides is 1. The Bertz CT molecular complexity index is 744. The number of nitrogen functional groups attached to an aromatic ring is 1. The normalized spacial score (nSPS) is 11.3. The van der Waals surface area contributed by atoms with Gasteiger partial charge in [0.1, 0.15) is 4.90 Å². The van der Waals surface area contributed by atoms with Crippen molar-refractivity contribution in [2.45, 2.75) is 11.4 Å². The number of tetrazole rings is 1. The van der Waals surface area contributed by atoms with Crippen LogP contribution in [0.3, 0.4) is 0 Å². The maximum absolute atomic E-state index is 12.2. The second kappa shape index (κ2) is 5.78. The Morgan fingerprint density at radius 2 is 2.19 bits per heavy atom.